The molecule has 2 amide bonds. The maximum absolute atomic E-state index is 12.9. The van der Waals surface area contributed by atoms with Crippen molar-refractivity contribution in [3.63, 3.8) is 0 Å². The molecule has 0 radical (unpaired) electrons. The first-order valence-corrected chi connectivity index (χ1v) is 12.4. The van der Waals surface area contributed by atoms with Crippen LogP contribution in [0.3, 0.4) is 0 Å². The molecule has 1 saturated heterocycles. The van der Waals surface area contributed by atoms with Gasteiger partial charge in [-0.05, 0) is 11.1 Å². The molecule has 1 aliphatic heterocycles. The number of anilines is 1. The largest absolute Gasteiger partial charge is 0.493 e. The number of carbonyl (C=O) groups excluding carboxylic acids is 1. The zero-order chi connectivity index (χ0) is 26.0. The summed E-state index contributed by atoms with van der Waals surface area (Å²) in [5.74, 6) is 1.47. The van der Waals surface area contributed by atoms with Gasteiger partial charge >= 0.3 is 6.03 Å². The van der Waals surface area contributed by atoms with Crippen LogP contribution in [0.4, 0.5) is 10.5 Å². The van der Waals surface area contributed by atoms with Gasteiger partial charge in [0, 0.05) is 44.9 Å². The van der Waals surface area contributed by atoms with Gasteiger partial charge in [-0.25, -0.2) is 4.79 Å². The van der Waals surface area contributed by atoms with Crippen molar-refractivity contribution in [1.82, 2.24) is 9.80 Å². The predicted octanol–water partition coefficient (Wildman–Crippen LogP) is 4.67. The summed E-state index contributed by atoms with van der Waals surface area (Å²) in [6.45, 7) is 4.25. The monoisotopic (exact) mass is 505 g/mol. The number of nitrogens with one attached hydrogen (secondary N) is 1. The van der Waals surface area contributed by atoms with E-state index in [4.69, 9.17) is 18.9 Å². The Morgan fingerprint density at radius 3 is 1.84 bits per heavy atom. The third kappa shape index (κ3) is 6.72. The number of hydrogen-bond acceptors (Lipinski definition) is 6. The highest BCUT2D eigenvalue weighted by atomic mass is 16.5. The Hall–Kier alpha value is -3.75. The van der Waals surface area contributed by atoms with E-state index in [1.54, 1.807) is 33.5 Å². The summed E-state index contributed by atoms with van der Waals surface area (Å²) in [5.41, 5.74) is 2.87. The Kier molecular flexibility index (Phi) is 9.24. The highest BCUT2D eigenvalue weighted by Gasteiger charge is 2.23. The van der Waals surface area contributed by atoms with Crippen LogP contribution >= 0.6 is 0 Å². The Morgan fingerprint density at radius 1 is 0.811 bits per heavy atom. The molecule has 0 spiro atoms. The van der Waals surface area contributed by atoms with E-state index in [9.17, 15) is 4.79 Å². The Labute approximate surface area is 218 Å². The van der Waals surface area contributed by atoms with E-state index in [1.807, 2.05) is 41.3 Å². The SMILES string of the molecule is COc1cc(NC(=O)N2CCN(CCOC(c3ccccc3)c3ccccc3)CC2)cc(OC)c1OC. The lowest BCUT2D eigenvalue weighted by Crippen LogP contribution is -2.50. The molecule has 1 N–H and O–H groups in total. The highest BCUT2D eigenvalue weighted by Crippen LogP contribution is 2.40. The van der Waals surface area contributed by atoms with Crippen molar-refractivity contribution < 1.29 is 23.7 Å². The van der Waals surface area contributed by atoms with Crippen LogP contribution in [0.2, 0.25) is 0 Å². The second-order valence-electron chi connectivity index (χ2n) is 8.75. The third-order valence-corrected chi connectivity index (χ3v) is 6.47. The van der Waals surface area contributed by atoms with Crippen LogP contribution in [-0.4, -0.2) is 76.5 Å². The number of rotatable bonds is 10. The molecular weight excluding hydrogens is 470 g/mol. The molecule has 0 saturated carbocycles. The minimum atomic E-state index is -0.154. The molecular formula is C29H35N3O5. The van der Waals surface area contributed by atoms with Gasteiger partial charge in [0.05, 0.1) is 33.6 Å². The lowest BCUT2D eigenvalue weighted by atomic mass is 10.0. The van der Waals surface area contributed by atoms with Crippen LogP contribution in [0.25, 0.3) is 0 Å². The molecule has 0 atom stereocenters. The van der Waals surface area contributed by atoms with Crippen molar-refractivity contribution in [3.05, 3.63) is 83.9 Å². The number of amides is 2. The number of piperazine rings is 1. The lowest BCUT2D eigenvalue weighted by Gasteiger charge is -2.35. The summed E-state index contributed by atoms with van der Waals surface area (Å²) in [6.07, 6.45) is -0.104. The average Bonchev–Trinajstić information content (AvgIpc) is 2.96. The molecule has 3 aromatic rings. The molecule has 37 heavy (non-hydrogen) atoms. The zero-order valence-electron chi connectivity index (χ0n) is 21.7. The van der Waals surface area contributed by atoms with Gasteiger partial charge in [0.15, 0.2) is 11.5 Å². The summed E-state index contributed by atoms with van der Waals surface area (Å²) in [6, 6.07) is 23.9. The number of urea groups is 1. The Balaban J connectivity index is 1.28. The van der Waals surface area contributed by atoms with Crippen LogP contribution in [0, 0.1) is 0 Å². The molecule has 0 aliphatic carbocycles. The van der Waals surface area contributed by atoms with Gasteiger partial charge in [0.1, 0.15) is 6.10 Å². The van der Waals surface area contributed by atoms with E-state index in [0.29, 0.717) is 42.6 Å². The fourth-order valence-electron chi connectivity index (χ4n) is 4.47. The second-order valence-corrected chi connectivity index (χ2v) is 8.75. The molecule has 1 heterocycles. The molecule has 0 aromatic heterocycles. The highest BCUT2D eigenvalue weighted by molar-refractivity contribution is 5.90. The summed E-state index contributed by atoms with van der Waals surface area (Å²) in [5, 5.41) is 2.95. The maximum Gasteiger partial charge on any atom is 0.321 e. The van der Waals surface area contributed by atoms with Gasteiger partial charge in [-0.2, -0.15) is 0 Å². The molecule has 8 nitrogen and oxygen atoms in total. The second kappa shape index (κ2) is 13.0. The van der Waals surface area contributed by atoms with Crippen LogP contribution in [0.15, 0.2) is 72.8 Å². The molecule has 8 heteroatoms. The van der Waals surface area contributed by atoms with Gasteiger partial charge < -0.3 is 29.2 Å². The number of methoxy groups -OCH3 is 3. The normalized spacial score (nSPS) is 13.9. The minimum Gasteiger partial charge on any atom is -0.493 e. The number of benzene rings is 3. The molecule has 0 unspecified atom stereocenters. The summed E-state index contributed by atoms with van der Waals surface area (Å²) in [4.78, 5) is 17.1. The third-order valence-electron chi connectivity index (χ3n) is 6.47. The molecule has 4 rings (SSSR count). The fourth-order valence-corrected chi connectivity index (χ4v) is 4.47. The first-order chi connectivity index (χ1) is 18.1. The van der Waals surface area contributed by atoms with Gasteiger partial charge in [-0.3, -0.25) is 4.90 Å². The van der Waals surface area contributed by atoms with Crippen LogP contribution in [0.5, 0.6) is 17.2 Å². The molecule has 0 bridgehead atoms. The van der Waals surface area contributed by atoms with Crippen molar-refractivity contribution >= 4 is 11.7 Å². The number of carbonyl (C=O) groups is 1. The van der Waals surface area contributed by atoms with Gasteiger partial charge in [-0.15, -0.1) is 0 Å². The standard InChI is InChI=1S/C29H35N3O5/c1-34-25-20-24(21-26(35-2)28(25)36-3)30-29(33)32-16-14-31(15-17-32)18-19-37-27(22-10-6-4-7-11-22)23-12-8-5-9-13-23/h4-13,20-21,27H,14-19H2,1-3H3,(H,30,33). The van der Waals surface area contributed by atoms with E-state index >= 15 is 0 Å². The van der Waals surface area contributed by atoms with E-state index in [1.165, 1.54) is 0 Å². The van der Waals surface area contributed by atoms with Gasteiger partial charge in [0.25, 0.3) is 0 Å². The average molecular weight is 506 g/mol. The topological polar surface area (TPSA) is 72.5 Å². The van der Waals surface area contributed by atoms with E-state index in [-0.39, 0.29) is 12.1 Å². The summed E-state index contributed by atoms with van der Waals surface area (Å²) in [7, 11) is 4.65. The van der Waals surface area contributed by atoms with Gasteiger partial charge in [-0.1, -0.05) is 60.7 Å². The van der Waals surface area contributed by atoms with Crippen LogP contribution in [-0.2, 0) is 4.74 Å². The fraction of sp³-hybridized carbons (Fsp3) is 0.345. The zero-order valence-corrected chi connectivity index (χ0v) is 21.7. The van der Waals surface area contributed by atoms with Crippen LogP contribution < -0.4 is 19.5 Å². The van der Waals surface area contributed by atoms with Crippen molar-refractivity contribution in [3.8, 4) is 17.2 Å². The number of nitrogens with zero attached hydrogens (tertiary/aromatic N) is 2. The lowest BCUT2D eigenvalue weighted by molar-refractivity contribution is 0.0498. The smallest absolute Gasteiger partial charge is 0.321 e. The first-order valence-electron chi connectivity index (χ1n) is 12.4. The Morgan fingerprint density at radius 2 is 1.35 bits per heavy atom. The van der Waals surface area contributed by atoms with Crippen molar-refractivity contribution in [1.29, 1.82) is 0 Å². The van der Waals surface area contributed by atoms with Gasteiger partial charge in [0.2, 0.25) is 5.75 Å². The Bertz CT molecular complexity index is 1070. The minimum absolute atomic E-state index is 0.104. The van der Waals surface area contributed by atoms with Crippen molar-refractivity contribution in [2.75, 3.05) is 66.0 Å². The maximum atomic E-state index is 12.9. The van der Waals surface area contributed by atoms with E-state index in [2.05, 4.69) is 34.5 Å². The molecule has 1 aliphatic rings. The molecule has 196 valence electrons. The number of hydrogen-bond donors (Lipinski definition) is 1. The number of ether oxygens (including phenoxy) is 4. The van der Waals surface area contributed by atoms with Crippen LogP contribution in [0.1, 0.15) is 17.2 Å². The predicted molar refractivity (Wildman–Crippen MR) is 144 cm³/mol. The quantitative estimate of drug-likeness (QED) is 0.432. The summed E-state index contributed by atoms with van der Waals surface area (Å²) < 4.78 is 22.5. The first kappa shape index (κ1) is 26.3. The molecule has 1 fully saturated rings. The van der Waals surface area contributed by atoms with E-state index in [0.717, 1.165) is 30.8 Å². The molecule has 3 aromatic carbocycles. The summed E-state index contributed by atoms with van der Waals surface area (Å²) >= 11 is 0. The van der Waals surface area contributed by atoms with Crippen molar-refractivity contribution in [2.24, 2.45) is 0 Å². The van der Waals surface area contributed by atoms with Crippen molar-refractivity contribution in [2.45, 2.75) is 6.10 Å². The van der Waals surface area contributed by atoms with E-state index < -0.39 is 0 Å².